The maximum absolute atomic E-state index is 5.63. The Hall–Kier alpha value is -3.56. The first-order valence-corrected chi connectivity index (χ1v) is 12.6. The number of nitrogens with zero attached hydrogens (tertiary/aromatic N) is 6. The lowest BCUT2D eigenvalue weighted by atomic mass is 10.0. The fourth-order valence-electron chi connectivity index (χ4n) is 4.86. The lowest BCUT2D eigenvalue weighted by Gasteiger charge is -2.16. The number of methoxy groups -OCH3 is 1. The lowest BCUT2D eigenvalue weighted by Crippen LogP contribution is -2.18. The van der Waals surface area contributed by atoms with Gasteiger partial charge in [0.15, 0.2) is 11.6 Å². The largest absolute Gasteiger partial charge is 0.381 e. The Morgan fingerprint density at radius 3 is 2.60 bits per heavy atom. The molecule has 1 saturated carbocycles. The number of anilines is 1. The van der Waals surface area contributed by atoms with Crippen molar-refractivity contribution in [3.8, 4) is 33.3 Å². The van der Waals surface area contributed by atoms with Crippen molar-refractivity contribution < 1.29 is 4.74 Å². The van der Waals surface area contributed by atoms with Crippen molar-refractivity contribution in [2.24, 2.45) is 14.1 Å². The summed E-state index contributed by atoms with van der Waals surface area (Å²) in [6.45, 7) is 0. The minimum absolute atomic E-state index is 0.277. The molecule has 1 aliphatic rings. The van der Waals surface area contributed by atoms with Gasteiger partial charge in [-0.15, -0.1) is 11.3 Å². The van der Waals surface area contributed by atoms with Gasteiger partial charge in [0.2, 0.25) is 0 Å². The summed E-state index contributed by atoms with van der Waals surface area (Å²) in [4.78, 5) is 16.6. The molecule has 1 N–H and O–H groups in total. The van der Waals surface area contributed by atoms with Crippen molar-refractivity contribution >= 4 is 27.4 Å². The predicted molar refractivity (Wildman–Crippen MR) is 139 cm³/mol. The molecular formula is C26H27N7OS. The number of ether oxygens (including phenoxy) is 1. The number of imidazole rings is 1. The molecule has 0 unspecified atom stereocenters. The van der Waals surface area contributed by atoms with E-state index in [-0.39, 0.29) is 12.1 Å². The van der Waals surface area contributed by atoms with Crippen LogP contribution in [-0.2, 0) is 18.8 Å². The van der Waals surface area contributed by atoms with Crippen LogP contribution in [-0.4, -0.2) is 48.6 Å². The molecule has 0 radical (unpaired) electrons. The van der Waals surface area contributed by atoms with Crippen LogP contribution in [0, 0.1) is 0 Å². The van der Waals surface area contributed by atoms with Gasteiger partial charge in [-0.2, -0.15) is 5.10 Å². The van der Waals surface area contributed by atoms with Gasteiger partial charge in [0.25, 0.3) is 0 Å². The topological polar surface area (TPSA) is 82.7 Å². The minimum atomic E-state index is 0.277. The van der Waals surface area contributed by atoms with E-state index in [9.17, 15) is 0 Å². The molecule has 4 heterocycles. The molecule has 0 spiro atoms. The predicted octanol–water partition coefficient (Wildman–Crippen LogP) is 5.14. The SMILES string of the molecule is CO[C@H]1CC[C@@H](Nc2nc(-c3nccn3C)nc3sc(-c4ccn(C)n4)c(-c4ccccc4)c23)C1. The van der Waals surface area contributed by atoms with Gasteiger partial charge in [0.1, 0.15) is 16.3 Å². The summed E-state index contributed by atoms with van der Waals surface area (Å²) >= 11 is 1.65. The Bertz CT molecular complexity index is 1490. The maximum atomic E-state index is 5.63. The number of hydrogen-bond acceptors (Lipinski definition) is 7. The van der Waals surface area contributed by atoms with Crippen LogP contribution in [0.1, 0.15) is 19.3 Å². The van der Waals surface area contributed by atoms with Crippen molar-refractivity contribution in [3.05, 3.63) is 55.0 Å². The quantitative estimate of drug-likeness (QED) is 0.359. The zero-order valence-corrected chi connectivity index (χ0v) is 20.8. The van der Waals surface area contributed by atoms with Crippen LogP contribution in [0.25, 0.3) is 43.6 Å². The third-order valence-corrected chi connectivity index (χ3v) is 7.75. The van der Waals surface area contributed by atoms with E-state index in [4.69, 9.17) is 19.8 Å². The fraction of sp³-hybridized carbons (Fsp3) is 0.308. The second kappa shape index (κ2) is 8.90. The number of thiophene rings is 1. The Morgan fingerprint density at radius 1 is 1.06 bits per heavy atom. The molecule has 178 valence electrons. The van der Waals surface area contributed by atoms with E-state index in [0.717, 1.165) is 62.8 Å². The van der Waals surface area contributed by atoms with E-state index >= 15 is 0 Å². The Kier molecular flexibility index (Phi) is 5.58. The first kappa shape index (κ1) is 21.9. The van der Waals surface area contributed by atoms with Crippen LogP contribution in [0.2, 0.25) is 0 Å². The number of hydrogen-bond donors (Lipinski definition) is 1. The molecule has 0 saturated heterocycles. The standard InChI is InChI=1S/C26H27N7OS/c1-32-14-12-27-25(32)24-29-23(28-17-9-10-18(15-17)34-3)21-20(16-7-5-4-6-8-16)22(35-26(21)30-24)19-11-13-33(2)31-19/h4-8,11-14,17-18H,9-10,15H2,1-3H3,(H,28,29,30)/t17-,18+/m1/s1. The normalized spacial score (nSPS) is 17.9. The fourth-order valence-corrected chi connectivity index (χ4v) is 6.02. The van der Waals surface area contributed by atoms with Crippen LogP contribution in [0.3, 0.4) is 0 Å². The summed E-state index contributed by atoms with van der Waals surface area (Å²) in [6.07, 6.45) is 8.99. The van der Waals surface area contributed by atoms with Gasteiger partial charge >= 0.3 is 0 Å². The second-order valence-corrected chi connectivity index (χ2v) is 10.00. The van der Waals surface area contributed by atoms with Crippen molar-refractivity contribution in [1.29, 1.82) is 0 Å². The highest BCUT2D eigenvalue weighted by Crippen LogP contribution is 2.46. The molecule has 35 heavy (non-hydrogen) atoms. The molecule has 2 atom stereocenters. The molecule has 8 nitrogen and oxygen atoms in total. The molecule has 1 aliphatic carbocycles. The molecule has 1 fully saturated rings. The molecule has 0 bridgehead atoms. The van der Waals surface area contributed by atoms with Gasteiger partial charge in [-0.25, -0.2) is 15.0 Å². The van der Waals surface area contributed by atoms with Crippen molar-refractivity contribution in [3.63, 3.8) is 0 Å². The van der Waals surface area contributed by atoms with Gasteiger partial charge in [-0.05, 0) is 30.9 Å². The van der Waals surface area contributed by atoms with Gasteiger partial charge in [0.05, 0.1) is 16.4 Å². The molecule has 6 rings (SSSR count). The Balaban J connectivity index is 1.60. The van der Waals surface area contributed by atoms with Crippen molar-refractivity contribution in [2.45, 2.75) is 31.4 Å². The summed E-state index contributed by atoms with van der Waals surface area (Å²) in [5.74, 6) is 2.19. The number of benzene rings is 1. The first-order valence-electron chi connectivity index (χ1n) is 11.8. The van der Waals surface area contributed by atoms with E-state index in [1.807, 2.05) is 41.8 Å². The molecule has 0 aliphatic heterocycles. The highest BCUT2D eigenvalue weighted by Gasteiger charge is 2.28. The van der Waals surface area contributed by atoms with Crippen LogP contribution < -0.4 is 5.32 Å². The van der Waals surface area contributed by atoms with Crippen molar-refractivity contribution in [2.75, 3.05) is 12.4 Å². The molecule has 9 heteroatoms. The van der Waals surface area contributed by atoms with Gasteiger partial charge in [-0.1, -0.05) is 30.3 Å². The van der Waals surface area contributed by atoms with Crippen molar-refractivity contribution in [1.82, 2.24) is 29.3 Å². The number of nitrogens with one attached hydrogen (secondary N) is 1. The van der Waals surface area contributed by atoms with Gasteiger partial charge in [-0.3, -0.25) is 4.68 Å². The average Bonchev–Trinajstić information content (AvgIpc) is 3.66. The van der Waals surface area contributed by atoms with E-state index in [1.165, 1.54) is 0 Å². The molecular weight excluding hydrogens is 458 g/mol. The minimum Gasteiger partial charge on any atom is -0.381 e. The zero-order chi connectivity index (χ0) is 23.9. The monoisotopic (exact) mass is 485 g/mol. The third-order valence-electron chi connectivity index (χ3n) is 6.64. The summed E-state index contributed by atoms with van der Waals surface area (Å²) in [6, 6.07) is 12.8. The summed E-state index contributed by atoms with van der Waals surface area (Å²) < 4.78 is 9.41. The first-order chi connectivity index (χ1) is 17.1. The second-order valence-electron chi connectivity index (χ2n) is 9.00. The van der Waals surface area contributed by atoms with E-state index < -0.39 is 0 Å². The number of aromatic nitrogens is 6. The maximum Gasteiger partial charge on any atom is 0.199 e. The van der Waals surface area contributed by atoms with Gasteiger partial charge < -0.3 is 14.6 Å². The van der Waals surface area contributed by atoms with E-state index in [0.29, 0.717) is 5.82 Å². The van der Waals surface area contributed by atoms with E-state index in [1.54, 1.807) is 24.6 Å². The average molecular weight is 486 g/mol. The molecule has 1 aromatic carbocycles. The van der Waals surface area contributed by atoms with Crippen LogP contribution >= 0.6 is 11.3 Å². The third kappa shape index (κ3) is 4.00. The summed E-state index contributed by atoms with van der Waals surface area (Å²) in [5.41, 5.74) is 3.16. The van der Waals surface area contributed by atoms with Gasteiger partial charge in [0, 0.05) is 51.4 Å². The smallest absolute Gasteiger partial charge is 0.199 e. The zero-order valence-electron chi connectivity index (χ0n) is 20.0. The summed E-state index contributed by atoms with van der Waals surface area (Å²) in [7, 11) is 5.70. The van der Waals surface area contributed by atoms with Crippen LogP contribution in [0.5, 0.6) is 0 Å². The number of fused-ring (bicyclic) bond motifs is 1. The van der Waals surface area contributed by atoms with Crippen LogP contribution in [0.4, 0.5) is 5.82 Å². The Labute approximate surface area is 207 Å². The lowest BCUT2D eigenvalue weighted by molar-refractivity contribution is 0.108. The van der Waals surface area contributed by atoms with Crippen LogP contribution in [0.15, 0.2) is 55.0 Å². The molecule has 4 aromatic heterocycles. The highest BCUT2D eigenvalue weighted by atomic mass is 32.1. The van der Waals surface area contributed by atoms with E-state index in [2.05, 4.69) is 40.6 Å². The summed E-state index contributed by atoms with van der Waals surface area (Å²) in [5, 5.41) is 9.52. The molecule has 5 aromatic rings. The number of aryl methyl sites for hydroxylation is 2. The highest BCUT2D eigenvalue weighted by molar-refractivity contribution is 7.22. The Morgan fingerprint density at radius 2 is 1.91 bits per heavy atom. The number of rotatable bonds is 6. The molecule has 0 amide bonds.